The van der Waals surface area contributed by atoms with E-state index in [1.807, 2.05) is 12.1 Å². The van der Waals surface area contributed by atoms with Gasteiger partial charge in [-0.1, -0.05) is 170 Å². The van der Waals surface area contributed by atoms with E-state index in [-0.39, 0.29) is 0 Å². The number of anilines is 3. The monoisotopic (exact) mass is 787 g/mol. The SMILES string of the molecule is c1cc2c3c(cccc3c1)-c1cc(-c3ccc(N(c4ccc(-c5ccc6ccc7ccccc7c6c5)cc4)c4ccc(-c5cccc6c5oc5ccccc56)cc4)cc3)ccc1-2. The van der Waals surface area contributed by atoms with Crippen molar-refractivity contribution in [3.8, 4) is 55.6 Å². The van der Waals surface area contributed by atoms with Crippen molar-refractivity contribution in [2.24, 2.45) is 0 Å². The van der Waals surface area contributed by atoms with Gasteiger partial charge >= 0.3 is 0 Å². The molecule has 0 saturated carbocycles. The molecule has 0 spiro atoms. The zero-order valence-corrected chi connectivity index (χ0v) is 33.7. The summed E-state index contributed by atoms with van der Waals surface area (Å²) in [6, 6.07) is 81.8. The first-order valence-corrected chi connectivity index (χ1v) is 21.3. The first-order chi connectivity index (χ1) is 30.7. The zero-order chi connectivity index (χ0) is 40.7. The van der Waals surface area contributed by atoms with Gasteiger partial charge in [-0.25, -0.2) is 0 Å². The van der Waals surface area contributed by atoms with Crippen LogP contribution in [0.2, 0.25) is 0 Å². The van der Waals surface area contributed by atoms with Gasteiger partial charge in [0.25, 0.3) is 0 Å². The van der Waals surface area contributed by atoms with Crippen molar-refractivity contribution in [2.75, 3.05) is 4.90 Å². The van der Waals surface area contributed by atoms with Gasteiger partial charge in [0.05, 0.1) is 0 Å². The molecule has 1 aliphatic rings. The third-order valence-electron chi connectivity index (χ3n) is 13.0. The van der Waals surface area contributed by atoms with Crippen LogP contribution in [0.15, 0.2) is 229 Å². The molecule has 0 aliphatic heterocycles. The fourth-order valence-electron chi connectivity index (χ4n) is 9.97. The van der Waals surface area contributed by atoms with Crippen molar-refractivity contribution in [3.63, 3.8) is 0 Å². The zero-order valence-electron chi connectivity index (χ0n) is 33.7. The summed E-state index contributed by atoms with van der Waals surface area (Å²) in [7, 11) is 0. The molecule has 1 aromatic heterocycles. The molecule has 0 atom stereocenters. The highest BCUT2D eigenvalue weighted by atomic mass is 16.3. The number of fused-ring (bicyclic) bond motifs is 9. The summed E-state index contributed by atoms with van der Waals surface area (Å²) >= 11 is 0. The molecular weight excluding hydrogens is 751 g/mol. The Bertz CT molecular complexity index is 3720. The quantitative estimate of drug-likeness (QED) is 0.156. The van der Waals surface area contributed by atoms with E-state index in [1.165, 1.54) is 76.8 Å². The van der Waals surface area contributed by atoms with Crippen LogP contribution in [0.25, 0.3) is 110 Å². The van der Waals surface area contributed by atoms with Crippen LogP contribution in [-0.2, 0) is 0 Å². The van der Waals surface area contributed by atoms with E-state index in [2.05, 4.69) is 217 Å². The van der Waals surface area contributed by atoms with Crippen molar-refractivity contribution in [2.45, 2.75) is 0 Å². The molecule has 0 radical (unpaired) electrons. The van der Waals surface area contributed by atoms with Gasteiger partial charge in [0.1, 0.15) is 11.2 Å². The highest BCUT2D eigenvalue weighted by molar-refractivity contribution is 6.16. The van der Waals surface area contributed by atoms with Gasteiger partial charge in [0.15, 0.2) is 0 Å². The van der Waals surface area contributed by atoms with E-state index in [4.69, 9.17) is 4.42 Å². The summed E-state index contributed by atoms with van der Waals surface area (Å²) in [5.74, 6) is 0. The second kappa shape index (κ2) is 13.7. The summed E-state index contributed by atoms with van der Waals surface area (Å²) in [6.07, 6.45) is 0. The van der Waals surface area contributed by atoms with E-state index in [0.29, 0.717) is 0 Å². The Balaban J connectivity index is 0.887. The molecule has 0 bridgehead atoms. The Morgan fingerprint density at radius 1 is 0.274 bits per heavy atom. The standard InChI is InChI=1S/C60H37NO/c1-2-11-49-40(8-1)18-19-42-20-21-44(36-56(42)49)38-22-29-46(30-23-38)61(48-33-26-41(27-34-48)50-13-7-16-55-52-12-3-4-17-58(52)62-60(50)55)47-31-24-39(25-32-47)45-28-35-51-53-14-5-9-43-10-6-15-54(59(43)53)57(51)37-45/h1-37H. The van der Waals surface area contributed by atoms with E-state index >= 15 is 0 Å². The van der Waals surface area contributed by atoms with E-state index in [0.717, 1.165) is 50.1 Å². The fraction of sp³-hybridized carbons (Fsp3) is 0. The minimum absolute atomic E-state index is 0.907. The van der Waals surface area contributed by atoms with Gasteiger partial charge in [-0.3, -0.25) is 0 Å². The number of benzene rings is 11. The molecule has 0 fully saturated rings. The van der Waals surface area contributed by atoms with E-state index < -0.39 is 0 Å². The van der Waals surface area contributed by atoms with Crippen molar-refractivity contribution in [1.29, 1.82) is 0 Å². The van der Waals surface area contributed by atoms with Crippen molar-refractivity contribution in [3.05, 3.63) is 224 Å². The predicted octanol–water partition coefficient (Wildman–Crippen LogP) is 17.2. The Labute approximate surface area is 359 Å². The number of hydrogen-bond donors (Lipinski definition) is 0. The van der Waals surface area contributed by atoms with Crippen LogP contribution < -0.4 is 4.90 Å². The largest absolute Gasteiger partial charge is 0.455 e. The third-order valence-corrected chi connectivity index (χ3v) is 13.0. The van der Waals surface area contributed by atoms with Crippen LogP contribution in [0.4, 0.5) is 17.1 Å². The maximum atomic E-state index is 6.44. The van der Waals surface area contributed by atoms with E-state index in [1.54, 1.807) is 0 Å². The Morgan fingerprint density at radius 3 is 1.50 bits per heavy atom. The first kappa shape index (κ1) is 34.6. The first-order valence-electron chi connectivity index (χ1n) is 21.3. The summed E-state index contributed by atoms with van der Waals surface area (Å²) in [6.45, 7) is 0. The van der Waals surface area contributed by atoms with Crippen LogP contribution in [0.3, 0.4) is 0 Å². The van der Waals surface area contributed by atoms with Crippen LogP contribution in [0, 0.1) is 0 Å². The van der Waals surface area contributed by atoms with Crippen LogP contribution >= 0.6 is 0 Å². The van der Waals surface area contributed by atoms with Crippen molar-refractivity contribution < 1.29 is 4.42 Å². The highest BCUT2D eigenvalue weighted by Gasteiger charge is 2.22. The average molecular weight is 788 g/mol. The lowest BCUT2D eigenvalue weighted by atomic mass is 9.96. The molecule has 0 unspecified atom stereocenters. The molecule has 11 aromatic carbocycles. The molecule has 13 rings (SSSR count). The number of nitrogens with zero attached hydrogens (tertiary/aromatic N) is 1. The molecule has 12 aromatic rings. The smallest absolute Gasteiger partial charge is 0.143 e. The van der Waals surface area contributed by atoms with Crippen molar-refractivity contribution in [1.82, 2.24) is 0 Å². The van der Waals surface area contributed by atoms with Crippen LogP contribution in [-0.4, -0.2) is 0 Å². The predicted molar refractivity (Wildman–Crippen MR) is 262 cm³/mol. The lowest BCUT2D eigenvalue weighted by Crippen LogP contribution is -2.09. The van der Waals surface area contributed by atoms with Gasteiger partial charge in [-0.05, 0) is 137 Å². The number of para-hydroxylation sites is 2. The third kappa shape index (κ3) is 5.44. The molecule has 0 amide bonds. The number of furan rings is 1. The summed E-state index contributed by atoms with van der Waals surface area (Å²) in [5, 5.41) is 9.98. The molecule has 1 aliphatic carbocycles. The summed E-state index contributed by atoms with van der Waals surface area (Å²) in [5.41, 5.74) is 17.3. The second-order valence-corrected chi connectivity index (χ2v) is 16.4. The van der Waals surface area contributed by atoms with Gasteiger partial charge in [-0.2, -0.15) is 0 Å². The molecule has 1 heterocycles. The molecule has 288 valence electrons. The van der Waals surface area contributed by atoms with Crippen LogP contribution in [0.5, 0.6) is 0 Å². The Kier molecular flexibility index (Phi) is 7.64. The lowest BCUT2D eigenvalue weighted by Gasteiger charge is -2.26. The molecule has 2 heteroatoms. The van der Waals surface area contributed by atoms with Crippen LogP contribution in [0.1, 0.15) is 0 Å². The number of hydrogen-bond acceptors (Lipinski definition) is 2. The van der Waals surface area contributed by atoms with Gasteiger partial charge in [0.2, 0.25) is 0 Å². The van der Waals surface area contributed by atoms with Gasteiger partial charge < -0.3 is 9.32 Å². The molecule has 0 saturated heterocycles. The molecular formula is C60H37NO. The van der Waals surface area contributed by atoms with Gasteiger partial charge in [-0.15, -0.1) is 0 Å². The minimum Gasteiger partial charge on any atom is -0.455 e. The fourth-order valence-corrected chi connectivity index (χ4v) is 9.97. The molecule has 2 nitrogen and oxygen atoms in total. The maximum Gasteiger partial charge on any atom is 0.143 e. The Hall–Kier alpha value is -8.20. The molecule has 62 heavy (non-hydrogen) atoms. The number of rotatable bonds is 6. The summed E-state index contributed by atoms with van der Waals surface area (Å²) in [4.78, 5) is 2.35. The lowest BCUT2D eigenvalue weighted by molar-refractivity contribution is 0.670. The minimum atomic E-state index is 0.907. The Morgan fingerprint density at radius 2 is 0.774 bits per heavy atom. The molecule has 0 N–H and O–H groups in total. The second-order valence-electron chi connectivity index (χ2n) is 16.4. The maximum absolute atomic E-state index is 6.44. The summed E-state index contributed by atoms with van der Waals surface area (Å²) < 4.78 is 6.44. The van der Waals surface area contributed by atoms with Gasteiger partial charge in [0, 0.05) is 33.4 Å². The average Bonchev–Trinajstić information content (AvgIpc) is 3.89. The normalized spacial score (nSPS) is 11.9. The topological polar surface area (TPSA) is 16.4 Å². The van der Waals surface area contributed by atoms with Crippen molar-refractivity contribution >= 4 is 71.3 Å². The highest BCUT2D eigenvalue weighted by Crippen LogP contribution is 2.48. The van der Waals surface area contributed by atoms with E-state index in [9.17, 15) is 0 Å².